The van der Waals surface area contributed by atoms with E-state index in [2.05, 4.69) is 5.32 Å². The van der Waals surface area contributed by atoms with Crippen molar-refractivity contribution in [3.63, 3.8) is 0 Å². The first kappa shape index (κ1) is 14.5. The van der Waals surface area contributed by atoms with Gasteiger partial charge in [-0.25, -0.2) is 0 Å². The molecule has 2 N–H and O–H groups in total. The number of aliphatic hydroxyl groups is 1. The average Bonchev–Trinajstić information content (AvgIpc) is 2.53. The van der Waals surface area contributed by atoms with Gasteiger partial charge < -0.3 is 15.2 Å². The largest absolute Gasteiger partial charge is 0.388 e. The van der Waals surface area contributed by atoms with Gasteiger partial charge in [0.2, 0.25) is 5.91 Å². The molecular formula is C17H23NO3. The van der Waals surface area contributed by atoms with E-state index in [1.165, 1.54) is 6.42 Å². The molecule has 0 radical (unpaired) electrons. The molecule has 0 aromatic heterocycles. The van der Waals surface area contributed by atoms with Crippen LogP contribution in [0.2, 0.25) is 0 Å². The molecule has 2 unspecified atom stereocenters. The van der Waals surface area contributed by atoms with Crippen molar-refractivity contribution in [2.75, 3.05) is 11.9 Å². The van der Waals surface area contributed by atoms with Gasteiger partial charge in [0.25, 0.3) is 0 Å². The number of nitrogens with one attached hydrogen (secondary N) is 1. The van der Waals surface area contributed by atoms with Gasteiger partial charge in [-0.3, -0.25) is 4.79 Å². The van der Waals surface area contributed by atoms with Gasteiger partial charge in [0.15, 0.2) is 0 Å². The second kappa shape index (κ2) is 6.58. The molecule has 3 rings (SSSR count). The van der Waals surface area contributed by atoms with E-state index in [1.54, 1.807) is 0 Å². The van der Waals surface area contributed by atoms with E-state index in [1.807, 2.05) is 18.2 Å². The lowest BCUT2D eigenvalue weighted by molar-refractivity contribution is -0.116. The van der Waals surface area contributed by atoms with Crippen molar-refractivity contribution in [2.24, 2.45) is 0 Å². The van der Waals surface area contributed by atoms with E-state index in [0.717, 1.165) is 55.5 Å². The standard InChI is InChI=1S/C17H23NO3/c19-16(8-6-14-3-1-2-10-21-14)13-4-7-15-12(11-13)5-9-17(20)18-15/h4,7,11,14,16,19H,1-3,5-6,8-10H2,(H,18,20). The number of carbonyl (C=O) groups excluding carboxylic acids is 1. The minimum absolute atomic E-state index is 0.0743. The van der Waals surface area contributed by atoms with Crippen molar-refractivity contribution in [1.29, 1.82) is 0 Å². The zero-order valence-electron chi connectivity index (χ0n) is 12.3. The highest BCUT2D eigenvalue weighted by Crippen LogP contribution is 2.29. The number of aryl methyl sites for hydroxylation is 1. The molecule has 2 heterocycles. The quantitative estimate of drug-likeness (QED) is 0.896. The molecule has 0 saturated carbocycles. The molecule has 1 saturated heterocycles. The third-order valence-corrected chi connectivity index (χ3v) is 4.45. The van der Waals surface area contributed by atoms with Crippen molar-refractivity contribution in [3.8, 4) is 0 Å². The first-order valence-electron chi connectivity index (χ1n) is 7.95. The van der Waals surface area contributed by atoms with Gasteiger partial charge in [-0.15, -0.1) is 0 Å². The highest BCUT2D eigenvalue weighted by molar-refractivity contribution is 5.93. The topological polar surface area (TPSA) is 58.6 Å². The number of carbonyl (C=O) groups is 1. The number of fused-ring (bicyclic) bond motifs is 1. The molecule has 0 aliphatic carbocycles. The molecule has 2 aliphatic rings. The van der Waals surface area contributed by atoms with Crippen LogP contribution in [0.1, 0.15) is 55.8 Å². The number of hydrogen-bond acceptors (Lipinski definition) is 3. The maximum atomic E-state index is 11.3. The monoisotopic (exact) mass is 289 g/mol. The Balaban J connectivity index is 1.59. The number of ether oxygens (including phenoxy) is 1. The predicted molar refractivity (Wildman–Crippen MR) is 81.2 cm³/mol. The van der Waals surface area contributed by atoms with Crippen LogP contribution in [0.4, 0.5) is 5.69 Å². The van der Waals surface area contributed by atoms with Crippen molar-refractivity contribution in [1.82, 2.24) is 0 Å². The van der Waals surface area contributed by atoms with Crippen LogP contribution in [0.25, 0.3) is 0 Å². The first-order chi connectivity index (χ1) is 10.2. The lowest BCUT2D eigenvalue weighted by Gasteiger charge is -2.24. The van der Waals surface area contributed by atoms with Crippen LogP contribution in [-0.2, 0) is 16.0 Å². The molecule has 1 aromatic rings. The summed E-state index contributed by atoms with van der Waals surface area (Å²) in [5.41, 5.74) is 2.96. The zero-order valence-corrected chi connectivity index (χ0v) is 12.3. The normalized spacial score (nSPS) is 23.3. The Hall–Kier alpha value is -1.39. The Morgan fingerprint density at radius 3 is 3.05 bits per heavy atom. The summed E-state index contributed by atoms with van der Waals surface area (Å²) in [5, 5.41) is 13.2. The molecule has 4 heteroatoms. The minimum atomic E-state index is -0.446. The summed E-state index contributed by atoms with van der Waals surface area (Å²) in [6.45, 7) is 0.860. The summed E-state index contributed by atoms with van der Waals surface area (Å²) in [5.74, 6) is 0.0743. The van der Waals surface area contributed by atoms with E-state index < -0.39 is 6.10 Å². The summed E-state index contributed by atoms with van der Waals surface area (Å²) in [7, 11) is 0. The van der Waals surface area contributed by atoms with E-state index in [0.29, 0.717) is 12.5 Å². The van der Waals surface area contributed by atoms with Crippen molar-refractivity contribution in [3.05, 3.63) is 29.3 Å². The highest BCUT2D eigenvalue weighted by Gasteiger charge is 2.19. The van der Waals surface area contributed by atoms with Crippen LogP contribution < -0.4 is 5.32 Å². The molecule has 1 amide bonds. The van der Waals surface area contributed by atoms with Gasteiger partial charge >= 0.3 is 0 Å². The van der Waals surface area contributed by atoms with Crippen molar-refractivity contribution < 1.29 is 14.6 Å². The average molecular weight is 289 g/mol. The number of rotatable bonds is 4. The van der Waals surface area contributed by atoms with Crippen molar-refractivity contribution in [2.45, 2.75) is 57.2 Å². The van der Waals surface area contributed by atoms with Gasteiger partial charge in [-0.2, -0.15) is 0 Å². The molecular weight excluding hydrogens is 266 g/mol. The molecule has 2 atom stereocenters. The van der Waals surface area contributed by atoms with Gasteiger partial charge in [0, 0.05) is 18.7 Å². The van der Waals surface area contributed by atoms with E-state index >= 15 is 0 Å². The summed E-state index contributed by atoms with van der Waals surface area (Å²) < 4.78 is 5.71. The Morgan fingerprint density at radius 2 is 2.24 bits per heavy atom. The molecule has 1 aromatic carbocycles. The van der Waals surface area contributed by atoms with Crippen LogP contribution in [0.3, 0.4) is 0 Å². The van der Waals surface area contributed by atoms with Gasteiger partial charge in [0.1, 0.15) is 0 Å². The second-order valence-electron chi connectivity index (χ2n) is 6.05. The molecule has 21 heavy (non-hydrogen) atoms. The molecule has 0 bridgehead atoms. The summed E-state index contributed by atoms with van der Waals surface area (Å²) >= 11 is 0. The number of hydrogen-bond donors (Lipinski definition) is 2. The van der Waals surface area contributed by atoms with Crippen LogP contribution >= 0.6 is 0 Å². The third kappa shape index (κ3) is 3.63. The molecule has 114 valence electrons. The molecule has 0 spiro atoms. The van der Waals surface area contributed by atoms with Crippen LogP contribution in [0.5, 0.6) is 0 Å². The van der Waals surface area contributed by atoms with Crippen molar-refractivity contribution >= 4 is 11.6 Å². The van der Waals surface area contributed by atoms with Gasteiger partial charge in [0.05, 0.1) is 12.2 Å². The third-order valence-electron chi connectivity index (χ3n) is 4.45. The fraction of sp³-hybridized carbons (Fsp3) is 0.588. The van der Waals surface area contributed by atoms with E-state index in [-0.39, 0.29) is 5.91 Å². The Labute approximate surface area is 125 Å². The SMILES string of the molecule is O=C1CCc2cc(C(O)CCC3CCCCO3)ccc2N1. The van der Waals surface area contributed by atoms with E-state index in [4.69, 9.17) is 4.74 Å². The predicted octanol–water partition coefficient (Wildman–Crippen LogP) is 2.95. The maximum Gasteiger partial charge on any atom is 0.224 e. The summed E-state index contributed by atoms with van der Waals surface area (Å²) in [6, 6.07) is 5.85. The number of anilines is 1. The zero-order chi connectivity index (χ0) is 14.7. The summed E-state index contributed by atoms with van der Waals surface area (Å²) in [6.07, 6.45) is 6.31. The van der Waals surface area contributed by atoms with Gasteiger partial charge in [-0.1, -0.05) is 12.1 Å². The fourth-order valence-electron chi connectivity index (χ4n) is 3.16. The molecule has 4 nitrogen and oxygen atoms in total. The van der Waals surface area contributed by atoms with Crippen LogP contribution in [0.15, 0.2) is 18.2 Å². The van der Waals surface area contributed by atoms with E-state index in [9.17, 15) is 9.90 Å². The molecule has 2 aliphatic heterocycles. The van der Waals surface area contributed by atoms with Crippen LogP contribution in [-0.4, -0.2) is 23.7 Å². The summed E-state index contributed by atoms with van der Waals surface area (Å²) in [4.78, 5) is 11.3. The highest BCUT2D eigenvalue weighted by atomic mass is 16.5. The molecule has 1 fully saturated rings. The smallest absolute Gasteiger partial charge is 0.224 e. The van der Waals surface area contributed by atoms with Gasteiger partial charge in [-0.05, 0) is 55.7 Å². The Morgan fingerprint density at radius 1 is 1.33 bits per heavy atom. The minimum Gasteiger partial charge on any atom is -0.388 e. The second-order valence-corrected chi connectivity index (χ2v) is 6.05. The lowest BCUT2D eigenvalue weighted by Crippen LogP contribution is -2.20. The lowest BCUT2D eigenvalue weighted by atomic mass is 9.95. The first-order valence-corrected chi connectivity index (χ1v) is 7.95. The fourth-order valence-corrected chi connectivity index (χ4v) is 3.16. The number of benzene rings is 1. The Bertz CT molecular complexity index is 509. The number of amides is 1. The number of aliphatic hydroxyl groups excluding tert-OH is 1. The maximum absolute atomic E-state index is 11.3. The Kier molecular flexibility index (Phi) is 4.56. The van der Waals surface area contributed by atoms with Crippen LogP contribution in [0, 0.1) is 0 Å².